The third-order valence-corrected chi connectivity index (χ3v) is 4.30. The number of benzene rings is 1. The fourth-order valence-corrected chi connectivity index (χ4v) is 2.90. The van der Waals surface area contributed by atoms with Crippen molar-refractivity contribution in [3.05, 3.63) is 39.7 Å². The molecule has 6 heteroatoms. The van der Waals surface area contributed by atoms with Crippen molar-refractivity contribution in [3.63, 3.8) is 0 Å². The Morgan fingerprint density at radius 3 is 2.67 bits per heavy atom. The molecular weight excluding hydrogens is 273 g/mol. The first-order valence-corrected chi connectivity index (χ1v) is 7.37. The fraction of sp³-hybridized carbons (Fsp3) is 0.600. The molecule has 1 heterocycles. The highest BCUT2D eigenvalue weighted by Crippen LogP contribution is 2.23. The van der Waals surface area contributed by atoms with E-state index >= 15 is 0 Å². The summed E-state index contributed by atoms with van der Waals surface area (Å²) in [6.45, 7) is 5.74. The second kappa shape index (κ2) is 6.95. The molecule has 1 fully saturated rings. The van der Waals surface area contributed by atoms with Crippen LogP contribution in [0.25, 0.3) is 0 Å². The van der Waals surface area contributed by atoms with Gasteiger partial charge in [0.2, 0.25) is 5.82 Å². The van der Waals surface area contributed by atoms with Crippen LogP contribution in [0.15, 0.2) is 18.2 Å². The van der Waals surface area contributed by atoms with E-state index in [9.17, 15) is 14.5 Å². The Kier molecular flexibility index (Phi) is 5.25. The Bertz CT molecular complexity index is 502. The Morgan fingerprint density at radius 2 is 2.10 bits per heavy atom. The summed E-state index contributed by atoms with van der Waals surface area (Å²) in [5, 5.41) is 10.8. The molecule has 1 aromatic rings. The molecule has 1 saturated heterocycles. The molecule has 0 aromatic heterocycles. The summed E-state index contributed by atoms with van der Waals surface area (Å²) in [5.74, 6) is -0.708. The van der Waals surface area contributed by atoms with Gasteiger partial charge in [0.05, 0.1) is 4.92 Å². The van der Waals surface area contributed by atoms with Gasteiger partial charge in [-0.05, 0) is 39.5 Å². The van der Waals surface area contributed by atoms with Crippen molar-refractivity contribution >= 4 is 5.69 Å². The Morgan fingerprint density at radius 1 is 1.43 bits per heavy atom. The number of nitro benzene ring substituents is 1. The van der Waals surface area contributed by atoms with Crippen LogP contribution in [0.4, 0.5) is 10.1 Å². The van der Waals surface area contributed by atoms with Gasteiger partial charge >= 0.3 is 5.69 Å². The highest BCUT2D eigenvalue weighted by Gasteiger charge is 2.24. The van der Waals surface area contributed by atoms with E-state index in [1.165, 1.54) is 6.07 Å². The zero-order chi connectivity index (χ0) is 15.4. The summed E-state index contributed by atoms with van der Waals surface area (Å²) in [4.78, 5) is 14.6. The lowest BCUT2D eigenvalue weighted by Crippen LogP contribution is -2.43. The molecule has 5 nitrogen and oxygen atoms in total. The number of hydrogen-bond acceptors (Lipinski definition) is 4. The van der Waals surface area contributed by atoms with E-state index < -0.39 is 16.4 Å². The second-order valence-corrected chi connectivity index (χ2v) is 5.59. The third-order valence-electron chi connectivity index (χ3n) is 4.30. The minimum absolute atomic E-state index is 0.393. The summed E-state index contributed by atoms with van der Waals surface area (Å²) in [7, 11) is 1.96. The Hall–Kier alpha value is -1.53. The SMILES string of the molecule is CCN1CCC(N(C)Cc2cccc([N+](=O)[O-])c2F)CC1. The average Bonchev–Trinajstić information content (AvgIpc) is 2.49. The fourth-order valence-electron chi connectivity index (χ4n) is 2.90. The molecule has 0 amide bonds. The van der Waals surface area contributed by atoms with Crippen molar-refractivity contribution in [1.82, 2.24) is 9.80 Å². The lowest BCUT2D eigenvalue weighted by atomic mass is 10.0. The van der Waals surface area contributed by atoms with Crippen LogP contribution >= 0.6 is 0 Å². The van der Waals surface area contributed by atoms with Crippen molar-refractivity contribution in [1.29, 1.82) is 0 Å². The van der Waals surface area contributed by atoms with E-state index in [2.05, 4.69) is 16.7 Å². The molecule has 116 valence electrons. The van der Waals surface area contributed by atoms with E-state index in [-0.39, 0.29) is 0 Å². The van der Waals surface area contributed by atoms with E-state index in [4.69, 9.17) is 0 Å². The number of nitro groups is 1. The molecule has 2 rings (SSSR count). The molecule has 1 aliphatic rings. The second-order valence-electron chi connectivity index (χ2n) is 5.59. The standard InChI is InChI=1S/C15H22FN3O2/c1-3-18-9-7-13(8-10-18)17(2)11-12-5-4-6-14(15(12)16)19(20)21/h4-6,13H,3,7-11H2,1-2H3. The van der Waals surface area contributed by atoms with Crippen LogP contribution in [0.1, 0.15) is 25.3 Å². The maximum Gasteiger partial charge on any atom is 0.305 e. The highest BCUT2D eigenvalue weighted by atomic mass is 19.1. The molecule has 0 saturated carbocycles. The van der Waals surface area contributed by atoms with E-state index in [1.54, 1.807) is 12.1 Å². The molecule has 0 aliphatic carbocycles. The maximum absolute atomic E-state index is 14.1. The van der Waals surface area contributed by atoms with E-state index in [0.717, 1.165) is 32.5 Å². The van der Waals surface area contributed by atoms with Crippen LogP contribution in [0.2, 0.25) is 0 Å². The number of hydrogen-bond donors (Lipinski definition) is 0. The van der Waals surface area contributed by atoms with Crippen LogP contribution in [0.3, 0.4) is 0 Å². The average molecular weight is 295 g/mol. The highest BCUT2D eigenvalue weighted by molar-refractivity contribution is 5.36. The zero-order valence-corrected chi connectivity index (χ0v) is 12.6. The van der Waals surface area contributed by atoms with Crippen LogP contribution in [-0.4, -0.2) is 47.4 Å². The van der Waals surface area contributed by atoms with E-state index in [0.29, 0.717) is 18.2 Å². The number of rotatable bonds is 5. The molecule has 0 bridgehead atoms. The molecule has 21 heavy (non-hydrogen) atoms. The monoisotopic (exact) mass is 295 g/mol. The van der Waals surface area contributed by atoms with Crippen LogP contribution in [-0.2, 0) is 6.54 Å². The molecule has 0 unspecified atom stereocenters. The van der Waals surface area contributed by atoms with Crippen molar-refractivity contribution in [2.45, 2.75) is 32.4 Å². The third kappa shape index (κ3) is 3.77. The van der Waals surface area contributed by atoms with E-state index in [1.807, 2.05) is 7.05 Å². The topological polar surface area (TPSA) is 49.6 Å². The normalized spacial score (nSPS) is 17.3. The maximum atomic E-state index is 14.1. The molecule has 0 spiro atoms. The van der Waals surface area contributed by atoms with Gasteiger partial charge in [0, 0.05) is 24.2 Å². The van der Waals surface area contributed by atoms with Gasteiger partial charge in [-0.15, -0.1) is 0 Å². The lowest BCUT2D eigenvalue weighted by molar-refractivity contribution is -0.387. The van der Waals surface area contributed by atoms with Crippen molar-refractivity contribution in [2.24, 2.45) is 0 Å². The smallest absolute Gasteiger partial charge is 0.303 e. The molecule has 0 radical (unpaired) electrons. The number of piperidine rings is 1. The minimum Gasteiger partial charge on any atom is -0.303 e. The first kappa shape index (κ1) is 15.9. The molecule has 0 atom stereocenters. The van der Waals surface area contributed by atoms with Crippen LogP contribution < -0.4 is 0 Å². The largest absolute Gasteiger partial charge is 0.305 e. The summed E-state index contributed by atoms with van der Waals surface area (Å²) in [5.41, 5.74) is -0.0497. The zero-order valence-electron chi connectivity index (χ0n) is 12.6. The summed E-state index contributed by atoms with van der Waals surface area (Å²) in [6, 6.07) is 4.79. The quantitative estimate of drug-likeness (QED) is 0.619. The number of nitrogens with zero attached hydrogens (tertiary/aromatic N) is 3. The summed E-state index contributed by atoms with van der Waals surface area (Å²) >= 11 is 0. The Balaban J connectivity index is 2.02. The predicted molar refractivity (Wildman–Crippen MR) is 79.7 cm³/mol. The predicted octanol–water partition coefficient (Wildman–Crippen LogP) is 2.65. The van der Waals surface area contributed by atoms with Gasteiger partial charge < -0.3 is 4.90 Å². The molecular formula is C15H22FN3O2. The van der Waals surface area contributed by atoms with Crippen LogP contribution in [0.5, 0.6) is 0 Å². The molecule has 0 N–H and O–H groups in total. The Labute approximate surface area is 124 Å². The van der Waals surface area contributed by atoms with Crippen LogP contribution in [0, 0.1) is 15.9 Å². The van der Waals surface area contributed by atoms with Gasteiger partial charge in [-0.3, -0.25) is 15.0 Å². The minimum atomic E-state index is -0.708. The first-order chi connectivity index (χ1) is 10.0. The lowest BCUT2D eigenvalue weighted by Gasteiger charge is -2.36. The van der Waals surface area contributed by atoms with Gasteiger partial charge in [-0.25, -0.2) is 0 Å². The summed E-state index contributed by atoms with van der Waals surface area (Å²) in [6.07, 6.45) is 2.11. The van der Waals surface area contributed by atoms with Crippen molar-refractivity contribution in [2.75, 3.05) is 26.7 Å². The van der Waals surface area contributed by atoms with Crippen molar-refractivity contribution < 1.29 is 9.31 Å². The first-order valence-electron chi connectivity index (χ1n) is 7.37. The van der Waals surface area contributed by atoms with Gasteiger partial charge in [0.1, 0.15) is 0 Å². The van der Waals surface area contributed by atoms with Gasteiger partial charge in [-0.1, -0.05) is 19.1 Å². The van der Waals surface area contributed by atoms with Gasteiger partial charge in [-0.2, -0.15) is 4.39 Å². The van der Waals surface area contributed by atoms with Crippen molar-refractivity contribution in [3.8, 4) is 0 Å². The van der Waals surface area contributed by atoms with Gasteiger partial charge in [0.25, 0.3) is 0 Å². The number of halogens is 1. The number of likely N-dealkylation sites (tertiary alicyclic amines) is 1. The molecule has 1 aliphatic heterocycles. The molecule has 1 aromatic carbocycles. The summed E-state index contributed by atoms with van der Waals surface area (Å²) < 4.78 is 14.1. The van der Waals surface area contributed by atoms with Gasteiger partial charge in [0.15, 0.2) is 0 Å².